The van der Waals surface area contributed by atoms with Crippen molar-refractivity contribution < 1.29 is 54.6 Å². The molecule has 0 amide bonds. The Kier molecular flexibility index (Phi) is 13.3. The number of rotatable bonds is 0. The van der Waals surface area contributed by atoms with Crippen LogP contribution in [0.25, 0.3) is 43.6 Å². The van der Waals surface area contributed by atoms with Gasteiger partial charge in [0.05, 0.1) is 22.1 Å². The summed E-state index contributed by atoms with van der Waals surface area (Å²) in [5.74, 6) is -0.709. The van der Waals surface area contributed by atoms with Crippen LogP contribution in [0.2, 0.25) is 0 Å². The van der Waals surface area contributed by atoms with Crippen molar-refractivity contribution in [2.24, 2.45) is 0 Å². The fourth-order valence-corrected chi connectivity index (χ4v) is 4.19. The second-order valence-corrected chi connectivity index (χ2v) is 9.37. The van der Waals surface area contributed by atoms with E-state index in [1.165, 1.54) is 24.3 Å². The van der Waals surface area contributed by atoms with E-state index < -0.39 is 0 Å². The van der Waals surface area contributed by atoms with Gasteiger partial charge in [0.1, 0.15) is 0 Å². The van der Waals surface area contributed by atoms with Gasteiger partial charge in [-0.1, -0.05) is 121 Å². The van der Waals surface area contributed by atoms with Crippen molar-refractivity contribution in [2.45, 2.75) is 0 Å². The first kappa shape index (κ1) is 35.2. The number of hydrogen-bond acceptors (Lipinski definition) is 8. The Bertz CT molecular complexity index is 1860. The van der Waals surface area contributed by atoms with Crippen LogP contribution in [-0.2, 0) is 34.1 Å². The largest absolute Gasteiger partial charge is 2.00 e. The van der Waals surface area contributed by atoms with Crippen molar-refractivity contribution in [3.63, 3.8) is 0 Å². The van der Waals surface area contributed by atoms with E-state index in [0.717, 1.165) is 43.6 Å². The molecule has 4 heterocycles. The van der Waals surface area contributed by atoms with Gasteiger partial charge in [0.15, 0.2) is 0 Å². The predicted octanol–water partition coefficient (Wildman–Crippen LogP) is 5.23. The summed E-state index contributed by atoms with van der Waals surface area (Å²) in [5, 5.41) is 47.1. The van der Waals surface area contributed by atoms with E-state index in [-0.39, 0.29) is 57.7 Å². The van der Waals surface area contributed by atoms with Gasteiger partial charge in [0.25, 0.3) is 0 Å². The van der Waals surface area contributed by atoms with Crippen molar-refractivity contribution in [1.29, 1.82) is 0 Å². The Labute approximate surface area is 286 Å². The maximum absolute atomic E-state index is 10.8. The van der Waals surface area contributed by atoms with Crippen LogP contribution in [0.4, 0.5) is 0 Å². The zero-order valence-corrected chi connectivity index (χ0v) is 25.8. The molecule has 0 atom stereocenters. The molecule has 0 unspecified atom stereocenters. The summed E-state index contributed by atoms with van der Waals surface area (Å²) in [6, 6.07) is 43.3. The van der Waals surface area contributed by atoms with Crippen LogP contribution in [0.5, 0.6) is 23.5 Å². The molecular weight excluding hydrogens is 680 g/mol. The molecule has 4 aromatic heterocycles. The molecule has 46 heavy (non-hydrogen) atoms. The van der Waals surface area contributed by atoms with Gasteiger partial charge in [-0.05, 0) is 47.8 Å². The van der Waals surface area contributed by atoms with Crippen molar-refractivity contribution in [2.75, 3.05) is 0 Å². The maximum atomic E-state index is 10.8. The topological polar surface area (TPSA) is 144 Å². The number of pyridine rings is 4. The molecule has 2 radical (unpaired) electrons. The summed E-state index contributed by atoms with van der Waals surface area (Å²) < 4.78 is 0. The van der Waals surface area contributed by atoms with Gasteiger partial charge < -0.3 is 20.4 Å². The summed E-state index contributed by atoms with van der Waals surface area (Å²) in [5.41, 5.74) is 3.06. The summed E-state index contributed by atoms with van der Waals surface area (Å²) in [6.07, 6.45) is 0. The molecule has 10 heteroatoms. The van der Waals surface area contributed by atoms with Crippen molar-refractivity contribution >= 4 is 43.6 Å². The van der Waals surface area contributed by atoms with E-state index >= 15 is 0 Å². The number of para-hydroxylation sites is 4. The van der Waals surface area contributed by atoms with Crippen LogP contribution < -0.4 is 20.4 Å². The molecule has 234 valence electrons. The van der Waals surface area contributed by atoms with Crippen LogP contribution in [0.3, 0.4) is 0 Å². The minimum atomic E-state index is -0.177. The summed E-state index contributed by atoms with van der Waals surface area (Å²) in [6.45, 7) is 0. The third-order valence-corrected chi connectivity index (χ3v) is 6.29. The molecule has 0 saturated heterocycles. The first-order valence-corrected chi connectivity index (χ1v) is 13.6. The number of nitrogens with zero attached hydrogens (tertiary/aromatic N) is 4. The second kappa shape index (κ2) is 17.3. The average Bonchev–Trinajstić information content (AvgIpc) is 3.05. The second-order valence-electron chi connectivity index (χ2n) is 9.37. The van der Waals surface area contributed by atoms with Crippen molar-refractivity contribution in [3.05, 3.63) is 146 Å². The molecule has 0 aliphatic carbocycles. The Morgan fingerprint density at radius 1 is 0.261 bits per heavy atom. The van der Waals surface area contributed by atoms with E-state index in [4.69, 9.17) is 0 Å². The quantitative estimate of drug-likeness (QED) is 0.196. The van der Waals surface area contributed by atoms with Gasteiger partial charge >= 0.3 is 34.1 Å². The summed E-state index contributed by atoms with van der Waals surface area (Å²) >= 11 is 0. The smallest absolute Gasteiger partial charge is 0.859 e. The SMILES string of the molecule is [Cu+2].[Cu+2].[O-]c1ccc2ccccc2n1.[O-]c1ccc2ccccc2n1.[O-]c1ccc2ccccc2n1.[O-]c1ccc2ccccc2n1. The monoisotopic (exact) mass is 702 g/mol. The van der Waals surface area contributed by atoms with Crippen molar-refractivity contribution in [3.8, 4) is 23.5 Å². The van der Waals surface area contributed by atoms with Crippen LogP contribution in [0.1, 0.15) is 0 Å². The summed E-state index contributed by atoms with van der Waals surface area (Å²) in [4.78, 5) is 15.3. The first-order valence-electron chi connectivity index (χ1n) is 13.6. The van der Waals surface area contributed by atoms with Gasteiger partial charge in [0, 0.05) is 21.5 Å². The summed E-state index contributed by atoms with van der Waals surface area (Å²) in [7, 11) is 0. The maximum Gasteiger partial charge on any atom is 2.00 e. The van der Waals surface area contributed by atoms with Crippen LogP contribution in [-0.4, -0.2) is 19.9 Å². The number of benzene rings is 4. The average molecular weight is 704 g/mol. The van der Waals surface area contributed by atoms with E-state index in [9.17, 15) is 20.4 Å². The van der Waals surface area contributed by atoms with Crippen molar-refractivity contribution in [1.82, 2.24) is 19.9 Å². The van der Waals surface area contributed by atoms with E-state index in [1.54, 1.807) is 24.3 Å². The van der Waals surface area contributed by atoms with E-state index in [2.05, 4.69) is 19.9 Å². The Balaban J connectivity index is 0.000000165. The molecule has 0 spiro atoms. The predicted molar refractivity (Wildman–Crippen MR) is 165 cm³/mol. The number of fused-ring (bicyclic) bond motifs is 4. The van der Waals surface area contributed by atoms with Crippen LogP contribution in [0.15, 0.2) is 146 Å². The van der Waals surface area contributed by atoms with Gasteiger partial charge in [-0.2, -0.15) is 0 Å². The Hall–Kier alpha value is -5.24. The molecule has 4 aromatic carbocycles. The third-order valence-electron chi connectivity index (χ3n) is 6.29. The standard InChI is InChI=1S/4C9H7NO.2Cu/c4*11-9-6-5-7-3-1-2-4-8(7)10-9;;/h4*1-6H,(H,10,11);;/q;;;;2*+2/p-4. The molecule has 0 bridgehead atoms. The molecule has 8 nitrogen and oxygen atoms in total. The van der Waals surface area contributed by atoms with Gasteiger partial charge in [-0.25, -0.2) is 0 Å². The molecular formula is C36H24Cu2N4O4. The number of hydrogen-bond donors (Lipinski definition) is 0. The molecule has 0 aliphatic heterocycles. The molecule has 8 aromatic rings. The zero-order valence-electron chi connectivity index (χ0n) is 23.9. The third kappa shape index (κ3) is 9.89. The van der Waals surface area contributed by atoms with E-state index in [1.807, 2.05) is 97.1 Å². The fraction of sp³-hybridized carbons (Fsp3) is 0. The first-order chi connectivity index (χ1) is 21.4. The van der Waals surface area contributed by atoms with Gasteiger partial charge in [0.2, 0.25) is 0 Å². The zero-order chi connectivity index (χ0) is 30.7. The van der Waals surface area contributed by atoms with Gasteiger partial charge in [-0.3, -0.25) is 19.9 Å². The Morgan fingerprint density at radius 3 is 0.674 bits per heavy atom. The normalized spacial score (nSPS) is 9.74. The number of aromatic nitrogens is 4. The van der Waals surface area contributed by atoms with Crippen LogP contribution >= 0.6 is 0 Å². The molecule has 8 rings (SSSR count). The minimum absolute atomic E-state index is 0. The molecule has 0 fully saturated rings. The Morgan fingerprint density at radius 2 is 0.457 bits per heavy atom. The van der Waals surface area contributed by atoms with Crippen LogP contribution in [0, 0.1) is 0 Å². The molecule has 0 aliphatic rings. The van der Waals surface area contributed by atoms with E-state index in [0.29, 0.717) is 0 Å². The molecule has 0 saturated carbocycles. The van der Waals surface area contributed by atoms with Gasteiger partial charge in [-0.15, -0.1) is 0 Å². The molecule has 0 N–H and O–H groups in total. The fourth-order valence-electron chi connectivity index (χ4n) is 4.19. The minimum Gasteiger partial charge on any atom is -0.859 e.